The molecule has 0 aliphatic rings. The average molecular weight is 261 g/mol. The first-order chi connectivity index (χ1) is 8.79. The van der Waals surface area contributed by atoms with E-state index in [1.54, 1.807) is 0 Å². The molecule has 2 aromatic rings. The zero-order chi connectivity index (χ0) is 12.8. The minimum absolute atomic E-state index is 0.258. The largest absolute Gasteiger partial charge is 0.346 e. The minimum atomic E-state index is -0.258. The van der Waals surface area contributed by atoms with E-state index in [2.05, 4.69) is 32.6 Å². The molecule has 0 saturated carbocycles. The van der Waals surface area contributed by atoms with Crippen LogP contribution in [0.1, 0.15) is 20.2 Å². The topological polar surface area (TPSA) is 96.7 Å². The number of carbonyl (C=O) groups excluding carboxylic acids is 1. The van der Waals surface area contributed by atoms with Crippen LogP contribution in [0.15, 0.2) is 18.3 Å². The number of nitrogens with one attached hydrogen (secondary N) is 2. The van der Waals surface area contributed by atoms with Crippen LogP contribution in [0.4, 0.5) is 0 Å². The molecule has 2 aromatic heterocycles. The number of carbonyl (C=O) groups is 1. The summed E-state index contributed by atoms with van der Waals surface area (Å²) in [6, 6.07) is 3.83. The molecule has 6 nitrogen and oxygen atoms in total. The summed E-state index contributed by atoms with van der Waals surface area (Å²) in [5.74, 6) is 5.47. The van der Waals surface area contributed by atoms with Gasteiger partial charge in [-0.05, 0) is 12.1 Å². The number of hydrogen-bond acceptors (Lipinski definition) is 5. The monoisotopic (exact) mass is 261 g/mol. The van der Waals surface area contributed by atoms with Gasteiger partial charge in [-0.15, -0.1) is 11.3 Å². The Hall–Kier alpha value is -2.17. The number of H-pyrrole nitrogens is 1. The quantitative estimate of drug-likeness (QED) is 0.683. The van der Waals surface area contributed by atoms with Gasteiger partial charge in [0.15, 0.2) is 5.69 Å². The van der Waals surface area contributed by atoms with Gasteiger partial charge in [0.1, 0.15) is 0 Å². The lowest BCUT2D eigenvalue weighted by Crippen LogP contribution is -2.22. The SMILES string of the molecule is NCC#Cc1ccc(CNC(=O)c2cn[nH]n2)s1. The first-order valence-electron chi connectivity index (χ1n) is 5.21. The molecule has 4 N–H and O–H groups in total. The number of nitrogens with two attached hydrogens (primary N) is 1. The molecule has 0 saturated heterocycles. The van der Waals surface area contributed by atoms with Crippen LogP contribution in [0.5, 0.6) is 0 Å². The fraction of sp³-hybridized carbons (Fsp3) is 0.182. The van der Waals surface area contributed by atoms with Crippen molar-refractivity contribution in [2.24, 2.45) is 5.73 Å². The molecule has 0 aliphatic heterocycles. The van der Waals surface area contributed by atoms with Gasteiger partial charge in [-0.1, -0.05) is 11.8 Å². The lowest BCUT2D eigenvalue weighted by molar-refractivity contribution is 0.0946. The van der Waals surface area contributed by atoms with E-state index >= 15 is 0 Å². The number of aromatic amines is 1. The standard InChI is InChI=1S/C11H11N5OS/c12-5-1-2-8-3-4-9(18-8)6-13-11(17)10-7-14-16-15-10/h3-4,7H,5-6,12H2,(H,13,17)(H,14,15,16). The van der Waals surface area contributed by atoms with Crippen molar-refractivity contribution in [1.82, 2.24) is 20.7 Å². The summed E-state index contributed by atoms with van der Waals surface area (Å²) >= 11 is 1.52. The van der Waals surface area contributed by atoms with Crippen molar-refractivity contribution in [2.75, 3.05) is 6.54 Å². The second-order valence-corrected chi connectivity index (χ2v) is 4.48. The van der Waals surface area contributed by atoms with Crippen LogP contribution in [-0.2, 0) is 6.54 Å². The third-order valence-electron chi connectivity index (χ3n) is 2.05. The molecule has 92 valence electrons. The van der Waals surface area contributed by atoms with E-state index in [1.807, 2.05) is 12.1 Å². The van der Waals surface area contributed by atoms with Crippen molar-refractivity contribution in [3.8, 4) is 11.8 Å². The van der Waals surface area contributed by atoms with Gasteiger partial charge in [0.05, 0.1) is 24.2 Å². The fourth-order valence-corrected chi connectivity index (χ4v) is 2.07. The lowest BCUT2D eigenvalue weighted by Gasteiger charge is -1.99. The maximum atomic E-state index is 11.6. The Bertz CT molecular complexity index is 578. The highest BCUT2D eigenvalue weighted by molar-refractivity contribution is 7.12. The van der Waals surface area contributed by atoms with E-state index in [1.165, 1.54) is 17.5 Å². The predicted molar refractivity (Wildman–Crippen MR) is 67.8 cm³/mol. The molecule has 0 bridgehead atoms. The Morgan fingerprint density at radius 1 is 1.56 bits per heavy atom. The molecule has 2 rings (SSSR count). The third-order valence-corrected chi connectivity index (χ3v) is 3.05. The highest BCUT2D eigenvalue weighted by Gasteiger charge is 2.08. The maximum absolute atomic E-state index is 11.6. The van der Waals surface area contributed by atoms with E-state index in [4.69, 9.17) is 5.73 Å². The second-order valence-electron chi connectivity index (χ2n) is 3.31. The van der Waals surface area contributed by atoms with Crippen LogP contribution in [0.2, 0.25) is 0 Å². The van der Waals surface area contributed by atoms with Gasteiger partial charge in [0, 0.05) is 4.88 Å². The number of rotatable bonds is 3. The molecular weight excluding hydrogens is 250 g/mol. The summed E-state index contributed by atoms with van der Waals surface area (Å²) in [6.45, 7) is 0.788. The molecule has 1 amide bonds. The van der Waals surface area contributed by atoms with E-state index in [0.717, 1.165) is 9.75 Å². The van der Waals surface area contributed by atoms with Crippen molar-refractivity contribution in [3.63, 3.8) is 0 Å². The van der Waals surface area contributed by atoms with Gasteiger partial charge in [-0.2, -0.15) is 15.4 Å². The van der Waals surface area contributed by atoms with Crippen LogP contribution in [0.3, 0.4) is 0 Å². The van der Waals surface area contributed by atoms with Gasteiger partial charge < -0.3 is 11.1 Å². The molecule has 0 aromatic carbocycles. The van der Waals surface area contributed by atoms with Gasteiger partial charge in [0.25, 0.3) is 5.91 Å². The van der Waals surface area contributed by atoms with Crippen molar-refractivity contribution in [1.29, 1.82) is 0 Å². The van der Waals surface area contributed by atoms with Gasteiger partial charge in [0.2, 0.25) is 0 Å². The normalized spacial score (nSPS) is 9.61. The molecule has 0 spiro atoms. The second kappa shape index (κ2) is 5.95. The molecule has 0 atom stereocenters. The van der Waals surface area contributed by atoms with Crippen molar-refractivity contribution in [3.05, 3.63) is 33.8 Å². The number of thiophene rings is 1. The van der Waals surface area contributed by atoms with E-state index < -0.39 is 0 Å². The molecule has 2 heterocycles. The Morgan fingerprint density at radius 2 is 2.44 bits per heavy atom. The predicted octanol–water partition coefficient (Wildman–Crippen LogP) is 0.106. The molecule has 18 heavy (non-hydrogen) atoms. The molecule has 0 fully saturated rings. The van der Waals surface area contributed by atoms with Gasteiger partial charge in [-0.3, -0.25) is 4.79 Å². The van der Waals surface area contributed by atoms with Crippen molar-refractivity contribution < 1.29 is 4.79 Å². The van der Waals surface area contributed by atoms with Gasteiger partial charge in [-0.25, -0.2) is 0 Å². The van der Waals surface area contributed by atoms with Crippen LogP contribution in [0, 0.1) is 11.8 Å². The smallest absolute Gasteiger partial charge is 0.273 e. The summed E-state index contributed by atoms with van der Waals surface area (Å²) in [5.41, 5.74) is 5.57. The highest BCUT2D eigenvalue weighted by atomic mass is 32.1. The van der Waals surface area contributed by atoms with E-state index in [-0.39, 0.29) is 11.6 Å². The summed E-state index contributed by atoms with van der Waals surface area (Å²) in [7, 11) is 0. The molecule has 0 unspecified atom stereocenters. The Kier molecular flexibility index (Phi) is 4.06. The number of amides is 1. The first kappa shape index (κ1) is 12.3. The van der Waals surface area contributed by atoms with E-state index in [9.17, 15) is 4.79 Å². The summed E-state index contributed by atoms with van der Waals surface area (Å²) < 4.78 is 0. The molecule has 7 heteroatoms. The number of aromatic nitrogens is 3. The third kappa shape index (κ3) is 3.16. The minimum Gasteiger partial charge on any atom is -0.346 e. The summed E-state index contributed by atoms with van der Waals surface area (Å²) in [6.07, 6.45) is 1.38. The van der Waals surface area contributed by atoms with Crippen LogP contribution < -0.4 is 11.1 Å². The average Bonchev–Trinajstić information content (AvgIpc) is 3.04. The van der Waals surface area contributed by atoms with Crippen LogP contribution in [-0.4, -0.2) is 27.9 Å². The van der Waals surface area contributed by atoms with E-state index in [0.29, 0.717) is 13.1 Å². The summed E-state index contributed by atoms with van der Waals surface area (Å²) in [4.78, 5) is 13.5. The zero-order valence-corrected chi connectivity index (χ0v) is 10.3. The van der Waals surface area contributed by atoms with Crippen LogP contribution in [0.25, 0.3) is 0 Å². The Morgan fingerprint density at radius 3 is 3.17 bits per heavy atom. The van der Waals surface area contributed by atoms with Crippen molar-refractivity contribution >= 4 is 17.2 Å². The van der Waals surface area contributed by atoms with Gasteiger partial charge >= 0.3 is 0 Å². The first-order valence-corrected chi connectivity index (χ1v) is 6.03. The Balaban J connectivity index is 1.90. The lowest BCUT2D eigenvalue weighted by atomic mass is 10.4. The molecular formula is C11H11N5OS. The van der Waals surface area contributed by atoms with Crippen LogP contribution >= 0.6 is 11.3 Å². The Labute approximate surface area is 108 Å². The molecule has 0 aliphatic carbocycles. The highest BCUT2D eigenvalue weighted by Crippen LogP contribution is 2.15. The summed E-state index contributed by atoms with van der Waals surface area (Å²) in [5, 5.41) is 12.4. The zero-order valence-electron chi connectivity index (χ0n) is 9.43. The molecule has 0 radical (unpaired) electrons. The van der Waals surface area contributed by atoms with Crippen molar-refractivity contribution in [2.45, 2.75) is 6.54 Å². The number of hydrogen-bond donors (Lipinski definition) is 3. The number of nitrogens with zero attached hydrogens (tertiary/aromatic N) is 2. The fourth-order valence-electron chi connectivity index (χ4n) is 1.25. The maximum Gasteiger partial charge on any atom is 0.273 e.